The molecular weight excluding hydrogens is 372 g/mol. The quantitative estimate of drug-likeness (QED) is 0.420. The van der Waals surface area contributed by atoms with Crippen LogP contribution in [0.1, 0.15) is 0 Å². The predicted octanol–water partition coefficient (Wildman–Crippen LogP) is 0.857. The normalized spacial score (nSPS) is 11.9. The van der Waals surface area contributed by atoms with Gasteiger partial charge in [-0.05, 0) is 41.5 Å². The molecule has 132 valence electrons. The Balaban J connectivity index is 1.73. The summed E-state index contributed by atoms with van der Waals surface area (Å²) in [7, 11) is 30.7. The van der Waals surface area contributed by atoms with Gasteiger partial charge >= 0.3 is 0 Å². The van der Waals surface area contributed by atoms with Crippen LogP contribution in [0.25, 0.3) is 54.9 Å². The minimum absolute atomic E-state index is 0.205. The van der Waals surface area contributed by atoms with Gasteiger partial charge in [0.15, 0.2) is 0 Å². The van der Waals surface area contributed by atoms with Gasteiger partial charge in [0.25, 0.3) is 0 Å². The Kier molecular flexibility index (Phi) is 3.83. The number of hydrogen-bond donors (Lipinski definition) is 1. The fourth-order valence-electron chi connectivity index (χ4n) is 4.48. The van der Waals surface area contributed by atoms with Crippen LogP contribution in [0.2, 0.25) is 0 Å². The molecule has 0 aliphatic heterocycles. The summed E-state index contributed by atoms with van der Waals surface area (Å²) in [6, 6.07) is 18.1. The average Bonchev–Trinajstić information content (AvgIpc) is 3.34. The molecule has 1 N–H and O–H groups in total. The van der Waals surface area contributed by atoms with E-state index in [1.54, 1.807) is 0 Å². The Morgan fingerprint density at radius 3 is 2.06 bits per heavy atom. The maximum Gasteiger partial charge on any atom is 0.145 e. The Morgan fingerprint density at radius 1 is 0.613 bits per heavy atom. The van der Waals surface area contributed by atoms with E-state index in [2.05, 4.69) is 23.2 Å². The first-order chi connectivity index (χ1) is 15.0. The zero-order valence-corrected chi connectivity index (χ0v) is 16.5. The van der Waals surface area contributed by atoms with E-state index in [4.69, 9.17) is 43.6 Å². The molecule has 2 nitrogen and oxygen atoms in total. The van der Waals surface area contributed by atoms with Crippen LogP contribution < -0.4 is 27.3 Å². The first-order valence-corrected chi connectivity index (χ1v) is 9.83. The first kappa shape index (κ1) is 18.6. The second-order valence-corrected chi connectivity index (χ2v) is 7.79. The molecule has 4 aromatic carbocycles. The average molecular weight is 382 g/mol. The summed E-state index contributed by atoms with van der Waals surface area (Å²) in [6.07, 6.45) is 0. The Labute approximate surface area is 185 Å². The number of nitrogens with one attached hydrogen (secondary N) is 1. The summed E-state index contributed by atoms with van der Waals surface area (Å²) < 4.78 is 6.25. The Morgan fingerprint density at radius 2 is 1.29 bits per heavy atom. The van der Waals surface area contributed by atoms with Crippen molar-refractivity contribution >= 4 is 110 Å². The molecule has 7 heteroatoms. The molecule has 0 saturated carbocycles. The van der Waals surface area contributed by atoms with Crippen LogP contribution in [-0.4, -0.2) is 44.2 Å². The molecule has 0 aliphatic carbocycles. The topological polar surface area (TPSA) is 28.9 Å². The van der Waals surface area contributed by atoms with Crippen LogP contribution in [0.3, 0.4) is 0 Å². The summed E-state index contributed by atoms with van der Waals surface area (Å²) in [6.45, 7) is 0. The first-order valence-electron chi connectivity index (χ1n) is 9.83. The van der Waals surface area contributed by atoms with E-state index in [0.717, 1.165) is 49.3 Å². The Hall–Kier alpha value is -3.20. The SMILES string of the molecule is [B]c1c([B])c([B])c(-c2ccc3[nH]c4ccc5c6ccccc6oc5c4c3c2)c([B])c1[B]. The van der Waals surface area contributed by atoms with Crippen LogP contribution >= 0.6 is 0 Å². The fraction of sp³-hybridized carbons (Fsp3) is 0. The minimum Gasteiger partial charge on any atom is -0.455 e. The number of para-hydroxylation sites is 1. The van der Waals surface area contributed by atoms with Gasteiger partial charge in [0, 0.05) is 21.7 Å². The van der Waals surface area contributed by atoms with Gasteiger partial charge in [0.05, 0.1) is 10.9 Å². The number of fused-ring (bicyclic) bond motifs is 7. The molecule has 0 fully saturated rings. The molecule has 2 aromatic heterocycles. The van der Waals surface area contributed by atoms with Crippen molar-refractivity contribution in [3.05, 3.63) is 54.6 Å². The maximum absolute atomic E-state index is 6.29. The zero-order chi connectivity index (χ0) is 21.4. The van der Waals surface area contributed by atoms with Crippen molar-refractivity contribution in [3.8, 4) is 11.1 Å². The lowest BCUT2D eigenvalue weighted by Gasteiger charge is -2.21. The fourth-order valence-corrected chi connectivity index (χ4v) is 4.48. The third-order valence-corrected chi connectivity index (χ3v) is 6.09. The third-order valence-electron chi connectivity index (χ3n) is 6.09. The van der Waals surface area contributed by atoms with Crippen molar-refractivity contribution in [1.82, 2.24) is 4.98 Å². The summed E-state index contributed by atoms with van der Waals surface area (Å²) in [5.41, 5.74) is 6.33. The highest BCUT2D eigenvalue weighted by Gasteiger charge is 2.17. The van der Waals surface area contributed by atoms with Gasteiger partial charge in [-0.15, -0.1) is 16.4 Å². The third kappa shape index (κ3) is 2.46. The number of benzene rings is 4. The molecule has 0 saturated heterocycles. The molecule has 0 amide bonds. The van der Waals surface area contributed by atoms with E-state index in [1.165, 1.54) is 0 Å². The van der Waals surface area contributed by atoms with Gasteiger partial charge in [-0.2, -0.15) is 0 Å². The van der Waals surface area contributed by atoms with Gasteiger partial charge in [-0.1, -0.05) is 35.2 Å². The summed E-state index contributed by atoms with van der Waals surface area (Å²) in [5, 5.41) is 4.14. The second kappa shape index (κ2) is 6.40. The largest absolute Gasteiger partial charge is 0.455 e. The van der Waals surface area contributed by atoms with Gasteiger partial charge < -0.3 is 9.40 Å². The molecule has 2 heterocycles. The van der Waals surface area contributed by atoms with Gasteiger partial charge in [-0.25, -0.2) is 0 Å². The molecule has 10 radical (unpaired) electrons. The van der Waals surface area contributed by atoms with Crippen LogP contribution in [0.4, 0.5) is 0 Å². The number of furan rings is 1. The molecule has 0 aliphatic rings. The molecule has 0 bridgehead atoms. The number of aromatic nitrogens is 1. The summed E-state index contributed by atoms with van der Waals surface area (Å²) >= 11 is 0. The number of hydrogen-bond acceptors (Lipinski definition) is 1. The number of rotatable bonds is 1. The lowest BCUT2D eigenvalue weighted by Crippen LogP contribution is -2.55. The van der Waals surface area contributed by atoms with E-state index in [-0.39, 0.29) is 16.4 Å². The van der Waals surface area contributed by atoms with Crippen molar-refractivity contribution in [2.45, 2.75) is 0 Å². The van der Waals surface area contributed by atoms with Gasteiger partial charge in [-0.3, -0.25) is 0 Å². The second-order valence-electron chi connectivity index (χ2n) is 7.79. The monoisotopic (exact) mass is 383 g/mol. The molecule has 6 rings (SSSR count). The molecule has 0 unspecified atom stereocenters. The van der Waals surface area contributed by atoms with Crippen LogP contribution in [0.5, 0.6) is 0 Å². The zero-order valence-electron chi connectivity index (χ0n) is 16.5. The van der Waals surface area contributed by atoms with E-state index < -0.39 is 0 Å². The van der Waals surface area contributed by atoms with Crippen LogP contribution in [-0.2, 0) is 0 Å². The predicted molar refractivity (Wildman–Crippen MR) is 135 cm³/mol. The standard InChI is InChI=1S/C24H10B5NO/c25-19-17(20(26)22(28)23(29)21(19)27)10-5-7-14-13(9-10)18-15(30-14)8-6-12-11-3-1-2-4-16(11)31-24(12)18/h1-9,30H. The van der Waals surface area contributed by atoms with Crippen molar-refractivity contribution in [2.24, 2.45) is 0 Å². The van der Waals surface area contributed by atoms with E-state index >= 15 is 0 Å². The maximum atomic E-state index is 6.29. The highest BCUT2D eigenvalue weighted by atomic mass is 16.3. The molecular formula is C24H10B5NO. The highest BCUT2D eigenvalue weighted by molar-refractivity contribution is 6.68. The summed E-state index contributed by atoms with van der Waals surface area (Å²) in [5.74, 6) is 0. The van der Waals surface area contributed by atoms with E-state index in [1.807, 2.05) is 36.4 Å². The van der Waals surface area contributed by atoms with Crippen molar-refractivity contribution < 1.29 is 4.42 Å². The van der Waals surface area contributed by atoms with Crippen molar-refractivity contribution in [1.29, 1.82) is 0 Å². The lowest BCUT2D eigenvalue weighted by atomic mass is 9.59. The van der Waals surface area contributed by atoms with Crippen LogP contribution in [0.15, 0.2) is 59.0 Å². The molecule has 31 heavy (non-hydrogen) atoms. The van der Waals surface area contributed by atoms with E-state index in [0.29, 0.717) is 16.5 Å². The molecule has 0 spiro atoms. The summed E-state index contributed by atoms with van der Waals surface area (Å²) in [4.78, 5) is 3.46. The highest BCUT2D eigenvalue weighted by Crippen LogP contribution is 2.38. The molecule has 0 atom stereocenters. The minimum atomic E-state index is 0.205. The Bertz CT molecular complexity index is 1670. The van der Waals surface area contributed by atoms with Crippen molar-refractivity contribution in [3.63, 3.8) is 0 Å². The molecule has 6 aromatic rings. The van der Waals surface area contributed by atoms with Gasteiger partial charge in [0.1, 0.15) is 50.4 Å². The van der Waals surface area contributed by atoms with Gasteiger partial charge in [0.2, 0.25) is 0 Å². The number of H-pyrrole nitrogens is 1. The number of aromatic amines is 1. The van der Waals surface area contributed by atoms with Crippen molar-refractivity contribution in [2.75, 3.05) is 0 Å². The van der Waals surface area contributed by atoms with Crippen LogP contribution in [0, 0.1) is 0 Å². The van der Waals surface area contributed by atoms with E-state index in [9.17, 15) is 0 Å². The lowest BCUT2D eigenvalue weighted by molar-refractivity contribution is 0.673. The smallest absolute Gasteiger partial charge is 0.145 e.